The van der Waals surface area contributed by atoms with Gasteiger partial charge in [0.05, 0.1) is 12.7 Å². The van der Waals surface area contributed by atoms with E-state index in [9.17, 15) is 0 Å². The molecule has 2 aliphatic heterocycles. The number of rotatable bonds is 8. The second kappa shape index (κ2) is 12.2. The molecule has 29 heavy (non-hydrogen) atoms. The maximum absolute atomic E-state index is 6.00. The molecule has 6 nitrogen and oxygen atoms in total. The van der Waals surface area contributed by atoms with E-state index in [2.05, 4.69) is 51.7 Å². The van der Waals surface area contributed by atoms with Gasteiger partial charge in [0.25, 0.3) is 0 Å². The third kappa shape index (κ3) is 7.61. The number of likely N-dealkylation sites (tertiary alicyclic amines) is 1. The molecule has 6 heteroatoms. The zero-order chi connectivity index (χ0) is 20.3. The summed E-state index contributed by atoms with van der Waals surface area (Å²) in [5, 5.41) is 7.04. The average Bonchev–Trinajstić information content (AvgIpc) is 2.78. The first-order valence-corrected chi connectivity index (χ1v) is 11.2. The second-order valence-electron chi connectivity index (χ2n) is 8.13. The van der Waals surface area contributed by atoms with Crippen LogP contribution in [0.4, 0.5) is 0 Å². The van der Waals surface area contributed by atoms with E-state index in [0.717, 1.165) is 38.6 Å². The van der Waals surface area contributed by atoms with Crippen molar-refractivity contribution in [3.05, 3.63) is 35.4 Å². The third-order valence-electron chi connectivity index (χ3n) is 5.83. The first-order chi connectivity index (χ1) is 14.3. The van der Waals surface area contributed by atoms with Crippen molar-refractivity contribution >= 4 is 5.96 Å². The van der Waals surface area contributed by atoms with Gasteiger partial charge < -0.3 is 25.0 Å². The van der Waals surface area contributed by atoms with Gasteiger partial charge in [-0.15, -0.1) is 0 Å². The lowest BCUT2D eigenvalue weighted by Gasteiger charge is -2.32. The number of hydrogen-bond donors (Lipinski definition) is 2. The topological polar surface area (TPSA) is 58.1 Å². The van der Waals surface area contributed by atoms with Gasteiger partial charge in [-0.1, -0.05) is 31.2 Å². The number of benzene rings is 1. The molecule has 0 atom stereocenters. The number of nitrogens with zero attached hydrogens (tertiary/aromatic N) is 2. The monoisotopic (exact) mass is 402 g/mol. The highest BCUT2D eigenvalue weighted by molar-refractivity contribution is 5.79. The number of ether oxygens (including phenoxy) is 2. The van der Waals surface area contributed by atoms with Crippen molar-refractivity contribution in [2.75, 3.05) is 39.9 Å². The molecule has 2 fully saturated rings. The van der Waals surface area contributed by atoms with E-state index in [0.29, 0.717) is 18.8 Å². The van der Waals surface area contributed by atoms with E-state index < -0.39 is 0 Å². The minimum Gasteiger partial charge on any atom is -0.381 e. The summed E-state index contributed by atoms with van der Waals surface area (Å²) in [6, 6.07) is 9.18. The van der Waals surface area contributed by atoms with Gasteiger partial charge >= 0.3 is 0 Å². The summed E-state index contributed by atoms with van der Waals surface area (Å²) in [4.78, 5) is 6.96. The van der Waals surface area contributed by atoms with E-state index in [-0.39, 0.29) is 0 Å². The van der Waals surface area contributed by atoms with Gasteiger partial charge in [0.15, 0.2) is 5.96 Å². The van der Waals surface area contributed by atoms with Crippen LogP contribution in [0, 0.1) is 0 Å². The van der Waals surface area contributed by atoms with Crippen LogP contribution in [0.1, 0.15) is 50.2 Å². The molecular weight excluding hydrogens is 364 g/mol. The molecule has 2 aliphatic rings. The molecule has 0 amide bonds. The lowest BCUT2D eigenvalue weighted by molar-refractivity contribution is -0.0390. The van der Waals surface area contributed by atoms with E-state index in [1.165, 1.54) is 50.0 Å². The van der Waals surface area contributed by atoms with Crippen molar-refractivity contribution in [2.24, 2.45) is 4.99 Å². The number of piperidine rings is 1. The summed E-state index contributed by atoms with van der Waals surface area (Å²) in [6.45, 7) is 8.93. The largest absolute Gasteiger partial charge is 0.381 e. The van der Waals surface area contributed by atoms with Crippen molar-refractivity contribution in [3.63, 3.8) is 0 Å². The van der Waals surface area contributed by atoms with Gasteiger partial charge in [0.1, 0.15) is 0 Å². The van der Waals surface area contributed by atoms with Crippen molar-refractivity contribution in [1.29, 1.82) is 0 Å². The van der Waals surface area contributed by atoms with Gasteiger partial charge in [-0.25, -0.2) is 0 Å². The van der Waals surface area contributed by atoms with Crippen LogP contribution in [0.25, 0.3) is 0 Å². The van der Waals surface area contributed by atoms with Crippen molar-refractivity contribution in [1.82, 2.24) is 15.5 Å². The average molecular weight is 403 g/mol. The van der Waals surface area contributed by atoms with Crippen LogP contribution in [0.2, 0.25) is 0 Å². The Balaban J connectivity index is 1.37. The van der Waals surface area contributed by atoms with Crippen molar-refractivity contribution < 1.29 is 9.47 Å². The molecule has 0 saturated carbocycles. The predicted molar refractivity (Wildman–Crippen MR) is 118 cm³/mol. The summed E-state index contributed by atoms with van der Waals surface area (Å²) in [5.74, 6) is 0.894. The van der Waals surface area contributed by atoms with Gasteiger partial charge in [-0.2, -0.15) is 0 Å². The summed E-state index contributed by atoms with van der Waals surface area (Å²) in [5.41, 5.74) is 2.47. The molecule has 0 aromatic heterocycles. The van der Waals surface area contributed by atoms with Crippen LogP contribution in [-0.2, 0) is 22.6 Å². The highest BCUT2D eigenvalue weighted by atomic mass is 16.5. The molecular formula is C23H38N4O2. The Morgan fingerprint density at radius 3 is 2.45 bits per heavy atom. The maximum Gasteiger partial charge on any atom is 0.191 e. The molecule has 162 valence electrons. The fourth-order valence-electron chi connectivity index (χ4n) is 4.00. The summed E-state index contributed by atoms with van der Waals surface area (Å²) < 4.78 is 11.4. The number of aliphatic imine (C=N–C) groups is 1. The molecule has 0 bridgehead atoms. The lowest BCUT2D eigenvalue weighted by Crippen LogP contribution is -2.48. The second-order valence-corrected chi connectivity index (χ2v) is 8.13. The quantitative estimate of drug-likeness (QED) is 0.517. The Morgan fingerprint density at radius 1 is 1.10 bits per heavy atom. The Kier molecular flexibility index (Phi) is 9.25. The number of nitrogens with one attached hydrogen (secondary N) is 2. The van der Waals surface area contributed by atoms with Crippen LogP contribution in [0.15, 0.2) is 29.3 Å². The first kappa shape index (κ1) is 22.1. The van der Waals surface area contributed by atoms with Crippen LogP contribution in [-0.4, -0.2) is 62.9 Å². The summed E-state index contributed by atoms with van der Waals surface area (Å²) in [7, 11) is 1.85. The highest BCUT2D eigenvalue weighted by Gasteiger charge is 2.19. The molecule has 1 aromatic carbocycles. The van der Waals surface area contributed by atoms with Crippen molar-refractivity contribution in [2.45, 2.75) is 64.3 Å². The minimum absolute atomic E-state index is 0.341. The van der Waals surface area contributed by atoms with Gasteiger partial charge in [-0.05, 0) is 49.8 Å². The molecule has 0 radical (unpaired) electrons. The zero-order valence-corrected chi connectivity index (χ0v) is 18.2. The molecule has 2 heterocycles. The predicted octanol–water partition coefficient (Wildman–Crippen LogP) is 2.92. The van der Waals surface area contributed by atoms with Gasteiger partial charge in [0.2, 0.25) is 0 Å². The Morgan fingerprint density at radius 2 is 1.79 bits per heavy atom. The van der Waals surface area contributed by atoms with E-state index in [4.69, 9.17) is 9.47 Å². The third-order valence-corrected chi connectivity index (χ3v) is 5.83. The molecule has 3 rings (SSSR count). The SMILES string of the molecule is CCCN1CCC(NC(=NC)NCc2ccc(COC3CCOCC3)cc2)CC1. The molecule has 1 aromatic rings. The van der Waals surface area contributed by atoms with E-state index >= 15 is 0 Å². The zero-order valence-electron chi connectivity index (χ0n) is 18.2. The molecule has 2 saturated heterocycles. The Labute approximate surface area is 176 Å². The maximum atomic E-state index is 6.00. The normalized spacial score (nSPS) is 20.0. The summed E-state index contributed by atoms with van der Waals surface area (Å²) in [6.07, 6.45) is 5.96. The fourth-order valence-corrected chi connectivity index (χ4v) is 4.00. The van der Waals surface area contributed by atoms with E-state index in [1.807, 2.05) is 7.05 Å². The number of hydrogen-bond acceptors (Lipinski definition) is 4. The summed E-state index contributed by atoms with van der Waals surface area (Å²) >= 11 is 0. The fraction of sp³-hybridized carbons (Fsp3) is 0.696. The van der Waals surface area contributed by atoms with Crippen LogP contribution >= 0.6 is 0 Å². The molecule has 0 spiro atoms. The Hall–Kier alpha value is -1.63. The van der Waals surface area contributed by atoms with Crippen molar-refractivity contribution in [3.8, 4) is 0 Å². The number of guanidine groups is 1. The molecule has 0 unspecified atom stereocenters. The highest BCUT2D eigenvalue weighted by Crippen LogP contribution is 2.14. The lowest BCUT2D eigenvalue weighted by atomic mass is 10.1. The van der Waals surface area contributed by atoms with Crippen LogP contribution in [0.5, 0.6) is 0 Å². The first-order valence-electron chi connectivity index (χ1n) is 11.2. The minimum atomic E-state index is 0.341. The smallest absolute Gasteiger partial charge is 0.191 e. The Bertz CT molecular complexity index is 606. The van der Waals surface area contributed by atoms with Gasteiger partial charge in [-0.3, -0.25) is 4.99 Å². The molecule has 0 aliphatic carbocycles. The van der Waals surface area contributed by atoms with Crippen LogP contribution < -0.4 is 10.6 Å². The standard InChI is InChI=1S/C23H38N4O2/c1-3-12-27-13-8-21(9-14-27)26-23(24-2)25-17-19-4-6-20(7-5-19)18-29-22-10-15-28-16-11-22/h4-7,21-22H,3,8-18H2,1-2H3,(H2,24,25,26). The molecule has 2 N–H and O–H groups in total. The van der Waals surface area contributed by atoms with Gasteiger partial charge in [0, 0.05) is 45.9 Å². The van der Waals surface area contributed by atoms with E-state index in [1.54, 1.807) is 0 Å². The van der Waals surface area contributed by atoms with Crippen LogP contribution in [0.3, 0.4) is 0 Å².